The van der Waals surface area contributed by atoms with E-state index in [9.17, 15) is 0 Å². The molecule has 2 N–H and O–H groups in total. The van der Waals surface area contributed by atoms with Gasteiger partial charge in [-0.1, -0.05) is 18.2 Å². The van der Waals surface area contributed by atoms with E-state index in [2.05, 4.69) is 43.7 Å². The molecule has 1 aromatic heterocycles. The molecular formula is C16H21BrIN3OS. The number of ether oxygens (including phenoxy) is 1. The molecule has 2 rings (SSSR count). The maximum atomic E-state index is 5.35. The van der Waals surface area contributed by atoms with Gasteiger partial charge in [-0.15, -0.1) is 35.3 Å². The van der Waals surface area contributed by atoms with Crippen LogP contribution in [0.4, 0.5) is 0 Å². The van der Waals surface area contributed by atoms with Gasteiger partial charge in [0.1, 0.15) is 5.75 Å². The molecule has 2 aromatic rings. The van der Waals surface area contributed by atoms with Gasteiger partial charge in [0.05, 0.1) is 10.9 Å². The third-order valence-electron chi connectivity index (χ3n) is 3.16. The standard InChI is InChI=1S/C16H20BrN3OS.HI/c1-18-16(19-10-9-13-7-8-15(17)22-13)20-11-12-5-3-4-6-14(12)21-2;/h3-8H,9-11H2,1-2H3,(H2,18,19,20);1H. The lowest BCUT2D eigenvalue weighted by Gasteiger charge is -2.13. The fourth-order valence-corrected chi connectivity index (χ4v) is 3.52. The van der Waals surface area contributed by atoms with Gasteiger partial charge in [-0.25, -0.2) is 0 Å². The molecule has 0 spiro atoms. The molecule has 126 valence electrons. The van der Waals surface area contributed by atoms with Crippen molar-refractivity contribution >= 4 is 57.2 Å². The van der Waals surface area contributed by atoms with Crippen LogP contribution < -0.4 is 15.4 Å². The molecule has 0 saturated carbocycles. The minimum absolute atomic E-state index is 0. The first-order valence-electron chi connectivity index (χ1n) is 7.03. The number of nitrogens with one attached hydrogen (secondary N) is 2. The van der Waals surface area contributed by atoms with Crippen LogP contribution >= 0.6 is 51.2 Å². The van der Waals surface area contributed by atoms with Crippen LogP contribution in [0.15, 0.2) is 45.2 Å². The van der Waals surface area contributed by atoms with E-state index in [1.807, 2.05) is 24.3 Å². The Labute approximate surface area is 166 Å². The molecule has 0 atom stereocenters. The maximum Gasteiger partial charge on any atom is 0.191 e. The molecule has 1 heterocycles. The fraction of sp³-hybridized carbons (Fsp3) is 0.312. The van der Waals surface area contributed by atoms with Crippen LogP contribution in [0.1, 0.15) is 10.4 Å². The van der Waals surface area contributed by atoms with Crippen molar-refractivity contribution in [3.63, 3.8) is 0 Å². The van der Waals surface area contributed by atoms with Gasteiger partial charge in [0.15, 0.2) is 5.96 Å². The smallest absolute Gasteiger partial charge is 0.191 e. The zero-order valence-electron chi connectivity index (χ0n) is 13.1. The number of methoxy groups -OCH3 is 1. The van der Waals surface area contributed by atoms with Crippen LogP contribution in [-0.4, -0.2) is 26.7 Å². The topological polar surface area (TPSA) is 45.7 Å². The molecule has 0 fully saturated rings. The highest BCUT2D eigenvalue weighted by molar-refractivity contribution is 14.0. The highest BCUT2D eigenvalue weighted by atomic mass is 127. The van der Waals surface area contributed by atoms with Gasteiger partial charge in [-0.3, -0.25) is 4.99 Å². The predicted octanol–water partition coefficient (Wildman–Crippen LogP) is 4.04. The summed E-state index contributed by atoms with van der Waals surface area (Å²) in [6.07, 6.45) is 0.978. The number of nitrogens with zero attached hydrogens (tertiary/aromatic N) is 1. The van der Waals surface area contributed by atoms with E-state index >= 15 is 0 Å². The first-order valence-corrected chi connectivity index (χ1v) is 8.64. The molecule has 0 radical (unpaired) electrons. The Morgan fingerprint density at radius 3 is 2.65 bits per heavy atom. The molecule has 1 aromatic carbocycles. The second-order valence-corrected chi connectivity index (χ2v) is 7.17. The summed E-state index contributed by atoms with van der Waals surface area (Å²) in [5, 5.41) is 6.63. The summed E-state index contributed by atoms with van der Waals surface area (Å²) in [7, 11) is 3.46. The Morgan fingerprint density at radius 1 is 1.22 bits per heavy atom. The van der Waals surface area contributed by atoms with Crippen molar-refractivity contribution in [1.29, 1.82) is 0 Å². The number of hydrogen-bond donors (Lipinski definition) is 2. The molecule has 0 aliphatic carbocycles. The first kappa shape index (κ1) is 20.2. The summed E-state index contributed by atoms with van der Waals surface area (Å²) in [6, 6.07) is 12.2. The van der Waals surface area contributed by atoms with Crippen molar-refractivity contribution in [3.05, 3.63) is 50.6 Å². The van der Waals surface area contributed by atoms with Crippen LogP contribution in [-0.2, 0) is 13.0 Å². The van der Waals surface area contributed by atoms with E-state index in [-0.39, 0.29) is 24.0 Å². The second-order valence-electron chi connectivity index (χ2n) is 4.62. The zero-order chi connectivity index (χ0) is 15.8. The Bertz CT molecular complexity index is 633. The molecule has 0 aliphatic heterocycles. The lowest BCUT2D eigenvalue weighted by Crippen LogP contribution is -2.37. The molecule has 0 unspecified atom stereocenters. The summed E-state index contributed by atoms with van der Waals surface area (Å²) in [5.41, 5.74) is 1.11. The largest absolute Gasteiger partial charge is 0.496 e. The van der Waals surface area contributed by atoms with Gasteiger partial charge in [0.2, 0.25) is 0 Å². The Hall–Kier alpha value is -0.800. The first-order chi connectivity index (χ1) is 10.7. The monoisotopic (exact) mass is 509 g/mol. The Kier molecular flexibility index (Phi) is 9.57. The highest BCUT2D eigenvalue weighted by Gasteiger charge is 2.03. The summed E-state index contributed by atoms with van der Waals surface area (Å²) in [4.78, 5) is 5.59. The number of aliphatic imine (C=N–C) groups is 1. The molecule has 0 saturated heterocycles. The SMILES string of the molecule is CN=C(NCCc1ccc(Br)s1)NCc1ccccc1OC.I. The summed E-state index contributed by atoms with van der Waals surface area (Å²) < 4.78 is 6.52. The molecule has 0 aliphatic rings. The maximum absolute atomic E-state index is 5.35. The van der Waals surface area contributed by atoms with Crippen molar-refractivity contribution in [2.45, 2.75) is 13.0 Å². The zero-order valence-corrected chi connectivity index (χ0v) is 17.9. The Morgan fingerprint density at radius 2 is 2.00 bits per heavy atom. The quantitative estimate of drug-likeness (QED) is 0.351. The molecule has 0 bridgehead atoms. The lowest BCUT2D eigenvalue weighted by molar-refractivity contribution is 0.409. The van der Waals surface area contributed by atoms with Gasteiger partial charge in [0, 0.05) is 30.6 Å². The van der Waals surface area contributed by atoms with Crippen LogP contribution in [0.3, 0.4) is 0 Å². The van der Waals surface area contributed by atoms with E-state index in [0.29, 0.717) is 6.54 Å². The van der Waals surface area contributed by atoms with Crippen molar-refractivity contribution in [2.75, 3.05) is 20.7 Å². The summed E-state index contributed by atoms with van der Waals surface area (Å²) in [6.45, 7) is 1.52. The summed E-state index contributed by atoms with van der Waals surface area (Å²) >= 11 is 5.24. The minimum Gasteiger partial charge on any atom is -0.496 e. The minimum atomic E-state index is 0. The number of guanidine groups is 1. The van der Waals surface area contributed by atoms with E-state index in [0.717, 1.165) is 30.2 Å². The van der Waals surface area contributed by atoms with E-state index in [1.54, 1.807) is 25.5 Å². The van der Waals surface area contributed by atoms with Crippen molar-refractivity contribution < 1.29 is 4.74 Å². The third-order valence-corrected chi connectivity index (χ3v) is 4.84. The molecular weight excluding hydrogens is 489 g/mol. The highest BCUT2D eigenvalue weighted by Crippen LogP contribution is 2.22. The van der Waals surface area contributed by atoms with Crippen LogP contribution in [0.5, 0.6) is 5.75 Å². The van der Waals surface area contributed by atoms with E-state index < -0.39 is 0 Å². The van der Waals surface area contributed by atoms with Gasteiger partial charge in [0.25, 0.3) is 0 Å². The molecule has 4 nitrogen and oxygen atoms in total. The average Bonchev–Trinajstić information content (AvgIpc) is 2.96. The number of thiophene rings is 1. The molecule has 7 heteroatoms. The number of benzene rings is 1. The van der Waals surface area contributed by atoms with Gasteiger partial charge < -0.3 is 15.4 Å². The molecule has 0 amide bonds. The third kappa shape index (κ3) is 6.68. The number of para-hydroxylation sites is 1. The van der Waals surface area contributed by atoms with Crippen molar-refractivity contribution in [2.24, 2.45) is 4.99 Å². The van der Waals surface area contributed by atoms with Crippen LogP contribution in [0, 0.1) is 0 Å². The summed E-state index contributed by atoms with van der Waals surface area (Å²) in [5.74, 6) is 1.68. The Balaban J connectivity index is 0.00000264. The van der Waals surface area contributed by atoms with Gasteiger partial charge in [-0.2, -0.15) is 0 Å². The fourth-order valence-electron chi connectivity index (χ4n) is 2.04. The molecule has 23 heavy (non-hydrogen) atoms. The normalized spacial score (nSPS) is 10.8. The van der Waals surface area contributed by atoms with Crippen LogP contribution in [0.2, 0.25) is 0 Å². The second kappa shape index (κ2) is 10.9. The number of hydrogen-bond acceptors (Lipinski definition) is 3. The number of rotatable bonds is 6. The average molecular weight is 510 g/mol. The van der Waals surface area contributed by atoms with E-state index in [4.69, 9.17) is 4.74 Å². The van der Waals surface area contributed by atoms with Crippen molar-refractivity contribution in [1.82, 2.24) is 10.6 Å². The van der Waals surface area contributed by atoms with Gasteiger partial charge >= 0.3 is 0 Å². The van der Waals surface area contributed by atoms with Crippen LogP contribution in [0.25, 0.3) is 0 Å². The van der Waals surface area contributed by atoms with Gasteiger partial charge in [-0.05, 0) is 40.5 Å². The predicted molar refractivity (Wildman–Crippen MR) is 112 cm³/mol. The van der Waals surface area contributed by atoms with Crippen molar-refractivity contribution in [3.8, 4) is 5.75 Å². The lowest BCUT2D eigenvalue weighted by atomic mass is 10.2. The van der Waals surface area contributed by atoms with E-state index in [1.165, 1.54) is 8.66 Å². The number of halogens is 2.